The molecule has 0 spiro atoms. The molecule has 0 bridgehead atoms. The van der Waals surface area contributed by atoms with Gasteiger partial charge in [-0.15, -0.1) is 0 Å². The molecule has 1 aromatic heterocycles. The first-order valence-electron chi connectivity index (χ1n) is 10.7. The smallest absolute Gasteiger partial charge is 0.300 e. The molecule has 0 saturated carbocycles. The molecule has 1 saturated heterocycles. The molecule has 5 rings (SSSR count). The van der Waals surface area contributed by atoms with Crippen LogP contribution in [0.15, 0.2) is 72.4 Å². The van der Waals surface area contributed by atoms with Crippen molar-refractivity contribution in [3.05, 3.63) is 89.3 Å². The number of ether oxygens (including phenoxy) is 1. The van der Waals surface area contributed by atoms with Gasteiger partial charge in [0.25, 0.3) is 11.7 Å². The second-order valence-electron chi connectivity index (χ2n) is 8.16. The highest BCUT2D eigenvalue weighted by Gasteiger charge is 2.48. The summed E-state index contributed by atoms with van der Waals surface area (Å²) in [5.74, 6) is -0.961. The van der Waals surface area contributed by atoms with Crippen LogP contribution in [0, 0.1) is 6.92 Å². The fraction of sp³-hybridized carbons (Fsp3) is 0.192. The van der Waals surface area contributed by atoms with Gasteiger partial charge < -0.3 is 14.7 Å². The Bertz CT molecular complexity index is 1290. The number of aliphatic hydroxyl groups excluding tert-OH is 1. The lowest BCUT2D eigenvalue weighted by Gasteiger charge is -2.28. The van der Waals surface area contributed by atoms with E-state index < -0.39 is 17.7 Å². The number of hydrogen-bond acceptors (Lipinski definition) is 6. The average Bonchev–Trinajstić information content (AvgIpc) is 3.10. The van der Waals surface area contributed by atoms with Crippen molar-refractivity contribution in [3.8, 4) is 5.75 Å². The largest absolute Gasteiger partial charge is 0.507 e. The third-order valence-corrected chi connectivity index (χ3v) is 6.12. The molecule has 1 unspecified atom stereocenters. The maximum absolute atomic E-state index is 13.3. The van der Waals surface area contributed by atoms with E-state index in [9.17, 15) is 14.7 Å². The molecule has 1 amide bonds. The van der Waals surface area contributed by atoms with E-state index in [2.05, 4.69) is 4.98 Å². The van der Waals surface area contributed by atoms with Crippen LogP contribution in [-0.2, 0) is 9.59 Å². The van der Waals surface area contributed by atoms with E-state index >= 15 is 0 Å². The second-order valence-corrected chi connectivity index (χ2v) is 8.16. The van der Waals surface area contributed by atoms with Crippen LogP contribution >= 0.6 is 0 Å². The summed E-state index contributed by atoms with van der Waals surface area (Å²) in [7, 11) is 1.94. The van der Waals surface area contributed by atoms with E-state index in [1.165, 1.54) is 4.90 Å². The molecule has 3 aromatic rings. The number of pyridine rings is 1. The molecule has 2 aliphatic rings. The standard InChI is InChI=1S/C26H23N3O4/c1-16-7-3-4-9-19(16)29-23(18-8-5-6-12-27-18)22(25(31)26(29)32)24(30)17-10-11-21-20(15-17)28(2)13-14-33-21/h3-12,15,23,30H,13-14H2,1-2H3/b24-22-. The van der Waals surface area contributed by atoms with Crippen molar-refractivity contribution in [1.29, 1.82) is 0 Å². The number of para-hydroxylation sites is 1. The quantitative estimate of drug-likeness (QED) is 0.378. The van der Waals surface area contributed by atoms with Gasteiger partial charge in [0.15, 0.2) is 0 Å². The molecule has 2 aromatic carbocycles. The van der Waals surface area contributed by atoms with Crippen LogP contribution < -0.4 is 14.5 Å². The van der Waals surface area contributed by atoms with Crippen LogP contribution in [0.4, 0.5) is 11.4 Å². The number of Topliss-reactive ketones (excluding diaryl/α,β-unsaturated/α-hetero) is 1. The molecule has 2 aliphatic heterocycles. The number of anilines is 2. The van der Waals surface area contributed by atoms with Crippen LogP contribution in [-0.4, -0.2) is 42.0 Å². The van der Waals surface area contributed by atoms with Crippen molar-refractivity contribution in [1.82, 2.24) is 4.98 Å². The Morgan fingerprint density at radius 3 is 2.61 bits per heavy atom. The predicted octanol–water partition coefficient (Wildman–Crippen LogP) is 3.84. The van der Waals surface area contributed by atoms with Crippen LogP contribution in [0.2, 0.25) is 0 Å². The third-order valence-electron chi connectivity index (χ3n) is 6.12. The summed E-state index contributed by atoms with van der Waals surface area (Å²) in [4.78, 5) is 34.4. The van der Waals surface area contributed by atoms with E-state index in [1.807, 2.05) is 37.1 Å². The number of fused-ring (bicyclic) bond motifs is 1. The molecule has 7 nitrogen and oxygen atoms in total. The van der Waals surface area contributed by atoms with Gasteiger partial charge >= 0.3 is 0 Å². The first-order chi connectivity index (χ1) is 16.0. The van der Waals surface area contributed by atoms with Gasteiger partial charge in [-0.05, 0) is 48.9 Å². The first kappa shape index (κ1) is 20.8. The zero-order chi connectivity index (χ0) is 23.1. The van der Waals surface area contributed by atoms with E-state index in [4.69, 9.17) is 4.74 Å². The van der Waals surface area contributed by atoms with Crippen molar-refractivity contribution in [2.45, 2.75) is 13.0 Å². The van der Waals surface area contributed by atoms with Gasteiger partial charge in [-0.1, -0.05) is 24.3 Å². The maximum atomic E-state index is 13.3. The number of amides is 1. The van der Waals surface area contributed by atoms with E-state index in [-0.39, 0.29) is 11.3 Å². The lowest BCUT2D eigenvalue weighted by atomic mass is 9.97. The van der Waals surface area contributed by atoms with Gasteiger partial charge in [-0.25, -0.2) is 0 Å². The number of nitrogens with zero attached hydrogens (tertiary/aromatic N) is 3. The van der Waals surface area contributed by atoms with Crippen LogP contribution in [0.3, 0.4) is 0 Å². The summed E-state index contributed by atoms with van der Waals surface area (Å²) >= 11 is 0. The molecule has 0 aliphatic carbocycles. The molecule has 1 atom stereocenters. The average molecular weight is 441 g/mol. The number of likely N-dealkylation sites (N-methyl/N-ethyl adjacent to an activating group) is 1. The fourth-order valence-corrected chi connectivity index (χ4v) is 4.39. The Kier molecular flexibility index (Phi) is 5.09. The number of ketones is 1. The zero-order valence-electron chi connectivity index (χ0n) is 18.4. The van der Waals surface area contributed by atoms with Gasteiger partial charge in [0.2, 0.25) is 0 Å². The lowest BCUT2D eigenvalue weighted by molar-refractivity contribution is -0.132. The molecule has 166 valence electrons. The van der Waals surface area contributed by atoms with Gasteiger partial charge in [0, 0.05) is 24.5 Å². The Balaban J connectivity index is 1.71. The maximum Gasteiger partial charge on any atom is 0.300 e. The SMILES string of the molecule is Cc1ccccc1N1C(=O)C(=O)/C(=C(\O)c2ccc3c(c2)N(C)CCO3)C1c1ccccn1. The molecular weight excluding hydrogens is 418 g/mol. The third kappa shape index (κ3) is 3.42. The summed E-state index contributed by atoms with van der Waals surface area (Å²) < 4.78 is 5.69. The minimum atomic E-state index is -0.850. The number of benzene rings is 2. The van der Waals surface area contributed by atoms with Crippen molar-refractivity contribution in [2.24, 2.45) is 0 Å². The van der Waals surface area contributed by atoms with Crippen molar-refractivity contribution >= 4 is 28.8 Å². The summed E-state index contributed by atoms with van der Waals surface area (Å²) in [6.45, 7) is 3.17. The number of hydrogen-bond donors (Lipinski definition) is 1. The number of aryl methyl sites for hydroxylation is 1. The second kappa shape index (κ2) is 8.09. The fourth-order valence-electron chi connectivity index (χ4n) is 4.39. The Morgan fingerprint density at radius 2 is 1.85 bits per heavy atom. The number of aromatic nitrogens is 1. The summed E-state index contributed by atoms with van der Waals surface area (Å²) in [5.41, 5.74) is 3.21. The normalized spacial score (nSPS) is 19.4. The van der Waals surface area contributed by atoms with E-state index in [0.29, 0.717) is 35.8 Å². The van der Waals surface area contributed by atoms with Gasteiger partial charge in [-0.2, -0.15) is 0 Å². The number of carbonyl (C=O) groups excluding carboxylic acids is 2. The number of aliphatic hydroxyl groups is 1. The predicted molar refractivity (Wildman–Crippen MR) is 125 cm³/mol. The van der Waals surface area contributed by atoms with Gasteiger partial charge in [0.05, 0.1) is 23.5 Å². The molecule has 1 fully saturated rings. The Labute approximate surface area is 191 Å². The lowest BCUT2D eigenvalue weighted by Crippen LogP contribution is -2.30. The molecule has 3 heterocycles. The summed E-state index contributed by atoms with van der Waals surface area (Å²) in [6.07, 6.45) is 1.61. The summed E-state index contributed by atoms with van der Waals surface area (Å²) in [5, 5.41) is 11.4. The molecule has 0 radical (unpaired) electrons. The van der Waals surface area contributed by atoms with Crippen molar-refractivity contribution < 1.29 is 19.4 Å². The van der Waals surface area contributed by atoms with Gasteiger partial charge in [-0.3, -0.25) is 19.5 Å². The highest BCUT2D eigenvalue weighted by molar-refractivity contribution is 6.51. The first-order valence-corrected chi connectivity index (χ1v) is 10.7. The van der Waals surface area contributed by atoms with Crippen molar-refractivity contribution in [3.63, 3.8) is 0 Å². The monoisotopic (exact) mass is 441 g/mol. The molecular formula is C26H23N3O4. The van der Waals surface area contributed by atoms with Crippen molar-refractivity contribution in [2.75, 3.05) is 30.0 Å². The molecule has 7 heteroatoms. The van der Waals surface area contributed by atoms with E-state index in [0.717, 1.165) is 11.3 Å². The highest BCUT2D eigenvalue weighted by atomic mass is 16.5. The minimum absolute atomic E-state index is 0.0151. The van der Waals surface area contributed by atoms with Crippen LogP contribution in [0.1, 0.15) is 22.9 Å². The van der Waals surface area contributed by atoms with E-state index in [1.54, 1.807) is 48.7 Å². The van der Waals surface area contributed by atoms with Gasteiger partial charge in [0.1, 0.15) is 24.2 Å². The zero-order valence-corrected chi connectivity index (χ0v) is 18.4. The van der Waals surface area contributed by atoms with Crippen LogP contribution in [0.25, 0.3) is 5.76 Å². The number of rotatable bonds is 3. The molecule has 33 heavy (non-hydrogen) atoms. The Hall–Kier alpha value is -4.13. The highest BCUT2D eigenvalue weighted by Crippen LogP contribution is 2.43. The van der Waals surface area contributed by atoms with Crippen LogP contribution in [0.5, 0.6) is 5.75 Å². The topological polar surface area (TPSA) is 83.0 Å². The molecule has 1 N–H and O–H groups in total. The minimum Gasteiger partial charge on any atom is -0.507 e. The number of carbonyl (C=O) groups is 2. The Morgan fingerprint density at radius 1 is 1.06 bits per heavy atom. The summed E-state index contributed by atoms with van der Waals surface area (Å²) in [6, 6.07) is 17.1.